The molecule has 2 aliphatic heterocycles. The van der Waals surface area contributed by atoms with Gasteiger partial charge in [-0.1, -0.05) is 0 Å². The summed E-state index contributed by atoms with van der Waals surface area (Å²) in [7, 11) is 0. The molecule has 2 atom stereocenters. The van der Waals surface area contributed by atoms with Crippen LogP contribution in [0.2, 0.25) is 0 Å². The van der Waals surface area contributed by atoms with Crippen molar-refractivity contribution in [2.75, 3.05) is 31.1 Å². The highest BCUT2D eigenvalue weighted by molar-refractivity contribution is 5.82. The number of carbonyl (C=O) groups excluding carboxylic acids is 1. The standard InChI is InChI=1S/C18H25N5O/c1-13-6-7-15(10-19)17(22-13)23-9-3-4-14(12-23)11-21-18(24)16-5-2-8-20-16/h6-7,14,16,20H,2-5,8-9,11-12H2,1H3,(H,21,24). The summed E-state index contributed by atoms with van der Waals surface area (Å²) < 4.78 is 0. The Morgan fingerprint density at radius 2 is 2.33 bits per heavy atom. The first-order chi connectivity index (χ1) is 11.7. The summed E-state index contributed by atoms with van der Waals surface area (Å²) in [6, 6.07) is 5.94. The molecule has 2 fully saturated rings. The van der Waals surface area contributed by atoms with E-state index >= 15 is 0 Å². The molecule has 2 N–H and O–H groups in total. The Hall–Kier alpha value is -2.13. The number of anilines is 1. The molecule has 1 amide bonds. The second kappa shape index (κ2) is 7.63. The third-order valence-electron chi connectivity index (χ3n) is 4.90. The number of piperidine rings is 1. The summed E-state index contributed by atoms with van der Waals surface area (Å²) in [5.41, 5.74) is 1.55. The SMILES string of the molecule is Cc1ccc(C#N)c(N2CCCC(CNC(=O)C3CCCN3)C2)n1. The molecule has 6 nitrogen and oxygen atoms in total. The number of pyridine rings is 1. The molecule has 0 bridgehead atoms. The van der Waals surface area contributed by atoms with Crippen molar-refractivity contribution in [3.8, 4) is 6.07 Å². The highest BCUT2D eigenvalue weighted by Gasteiger charge is 2.26. The number of aromatic nitrogens is 1. The maximum Gasteiger partial charge on any atom is 0.237 e. The van der Waals surface area contributed by atoms with Crippen molar-refractivity contribution in [2.45, 2.75) is 38.6 Å². The van der Waals surface area contributed by atoms with Crippen molar-refractivity contribution in [1.29, 1.82) is 5.26 Å². The fourth-order valence-electron chi connectivity index (χ4n) is 3.57. The lowest BCUT2D eigenvalue weighted by Crippen LogP contribution is -2.45. The molecule has 2 aliphatic rings. The van der Waals surface area contributed by atoms with Crippen LogP contribution in [0.1, 0.15) is 36.9 Å². The van der Waals surface area contributed by atoms with E-state index in [0.717, 1.165) is 56.8 Å². The number of rotatable bonds is 4. The van der Waals surface area contributed by atoms with E-state index in [-0.39, 0.29) is 11.9 Å². The summed E-state index contributed by atoms with van der Waals surface area (Å²) >= 11 is 0. The van der Waals surface area contributed by atoms with Gasteiger partial charge in [0, 0.05) is 25.3 Å². The van der Waals surface area contributed by atoms with Crippen LogP contribution in [0.4, 0.5) is 5.82 Å². The highest BCUT2D eigenvalue weighted by Crippen LogP contribution is 2.24. The molecule has 0 spiro atoms. The number of nitriles is 1. The summed E-state index contributed by atoms with van der Waals surface area (Å²) in [6.07, 6.45) is 4.16. The first-order valence-electron chi connectivity index (χ1n) is 8.81. The van der Waals surface area contributed by atoms with Crippen LogP contribution in [0.15, 0.2) is 12.1 Å². The van der Waals surface area contributed by atoms with E-state index in [2.05, 4.69) is 26.6 Å². The van der Waals surface area contributed by atoms with Gasteiger partial charge in [-0.25, -0.2) is 4.98 Å². The predicted molar refractivity (Wildman–Crippen MR) is 92.7 cm³/mol. The van der Waals surface area contributed by atoms with Crippen LogP contribution in [0, 0.1) is 24.2 Å². The van der Waals surface area contributed by atoms with Crippen molar-refractivity contribution >= 4 is 11.7 Å². The highest BCUT2D eigenvalue weighted by atomic mass is 16.2. The average molecular weight is 327 g/mol. The number of nitrogens with one attached hydrogen (secondary N) is 2. The lowest BCUT2D eigenvalue weighted by atomic mass is 9.97. The number of aryl methyl sites for hydroxylation is 1. The van der Waals surface area contributed by atoms with Gasteiger partial charge in [0.2, 0.25) is 5.91 Å². The molecular formula is C18H25N5O. The molecule has 1 aromatic heterocycles. The van der Waals surface area contributed by atoms with Crippen LogP contribution < -0.4 is 15.5 Å². The smallest absolute Gasteiger partial charge is 0.237 e. The van der Waals surface area contributed by atoms with Gasteiger partial charge in [-0.3, -0.25) is 4.79 Å². The van der Waals surface area contributed by atoms with E-state index in [1.165, 1.54) is 0 Å². The molecule has 3 heterocycles. The van der Waals surface area contributed by atoms with Crippen LogP contribution in [0.3, 0.4) is 0 Å². The zero-order valence-corrected chi connectivity index (χ0v) is 14.2. The lowest BCUT2D eigenvalue weighted by Gasteiger charge is -2.34. The van der Waals surface area contributed by atoms with E-state index < -0.39 is 0 Å². The van der Waals surface area contributed by atoms with Crippen molar-refractivity contribution in [3.63, 3.8) is 0 Å². The van der Waals surface area contributed by atoms with E-state index in [4.69, 9.17) is 0 Å². The molecule has 2 saturated heterocycles. The van der Waals surface area contributed by atoms with Crippen LogP contribution in [-0.4, -0.2) is 43.1 Å². The Kier molecular flexibility index (Phi) is 5.31. The maximum atomic E-state index is 12.1. The molecule has 0 aliphatic carbocycles. The predicted octanol–water partition coefficient (Wildman–Crippen LogP) is 1.35. The molecule has 128 valence electrons. The Morgan fingerprint density at radius 3 is 3.08 bits per heavy atom. The molecule has 3 rings (SSSR count). The van der Waals surface area contributed by atoms with E-state index in [9.17, 15) is 10.1 Å². The van der Waals surface area contributed by atoms with Crippen molar-refractivity contribution in [2.24, 2.45) is 5.92 Å². The quantitative estimate of drug-likeness (QED) is 0.872. The Morgan fingerprint density at radius 1 is 1.46 bits per heavy atom. The summed E-state index contributed by atoms with van der Waals surface area (Å²) in [5.74, 6) is 1.31. The fraction of sp³-hybridized carbons (Fsp3) is 0.611. The monoisotopic (exact) mass is 327 g/mol. The molecule has 0 radical (unpaired) electrons. The number of hydrogen-bond donors (Lipinski definition) is 2. The van der Waals surface area contributed by atoms with E-state index in [1.54, 1.807) is 0 Å². The van der Waals surface area contributed by atoms with Gasteiger partial charge >= 0.3 is 0 Å². The number of carbonyl (C=O) groups is 1. The zero-order valence-electron chi connectivity index (χ0n) is 14.2. The first kappa shape index (κ1) is 16.7. The van der Waals surface area contributed by atoms with Gasteiger partial charge in [0.15, 0.2) is 0 Å². The Bertz CT molecular complexity index is 633. The molecule has 0 aromatic carbocycles. The summed E-state index contributed by atoms with van der Waals surface area (Å²) in [5, 5.41) is 15.6. The molecule has 2 unspecified atom stereocenters. The topological polar surface area (TPSA) is 81.0 Å². The van der Waals surface area contributed by atoms with Gasteiger partial charge in [-0.15, -0.1) is 0 Å². The minimum absolute atomic E-state index is 0.0201. The Balaban J connectivity index is 1.59. The number of hydrogen-bond acceptors (Lipinski definition) is 5. The van der Waals surface area contributed by atoms with Gasteiger partial charge in [-0.05, 0) is 57.2 Å². The van der Waals surface area contributed by atoms with Gasteiger partial charge in [0.1, 0.15) is 11.9 Å². The van der Waals surface area contributed by atoms with Crippen molar-refractivity contribution < 1.29 is 4.79 Å². The Labute approximate surface area is 143 Å². The molecule has 1 aromatic rings. The van der Waals surface area contributed by atoms with Crippen LogP contribution in [0.5, 0.6) is 0 Å². The largest absolute Gasteiger partial charge is 0.355 e. The van der Waals surface area contributed by atoms with Crippen LogP contribution in [0.25, 0.3) is 0 Å². The van der Waals surface area contributed by atoms with Gasteiger partial charge in [0.25, 0.3) is 0 Å². The molecule has 24 heavy (non-hydrogen) atoms. The minimum atomic E-state index is -0.0201. The van der Waals surface area contributed by atoms with Crippen LogP contribution in [-0.2, 0) is 4.79 Å². The normalized spacial score (nSPS) is 23.8. The minimum Gasteiger partial charge on any atom is -0.355 e. The fourth-order valence-corrected chi connectivity index (χ4v) is 3.57. The number of amides is 1. The third-order valence-corrected chi connectivity index (χ3v) is 4.90. The maximum absolute atomic E-state index is 12.1. The molecular weight excluding hydrogens is 302 g/mol. The zero-order chi connectivity index (χ0) is 16.9. The van der Waals surface area contributed by atoms with Crippen molar-refractivity contribution in [3.05, 3.63) is 23.4 Å². The number of nitrogens with zero attached hydrogens (tertiary/aromatic N) is 3. The lowest BCUT2D eigenvalue weighted by molar-refractivity contribution is -0.122. The van der Waals surface area contributed by atoms with E-state index in [0.29, 0.717) is 18.0 Å². The molecule has 0 saturated carbocycles. The van der Waals surface area contributed by atoms with Gasteiger partial charge in [-0.2, -0.15) is 5.26 Å². The summed E-state index contributed by atoms with van der Waals surface area (Å²) in [4.78, 5) is 18.9. The second-order valence-corrected chi connectivity index (χ2v) is 6.78. The first-order valence-corrected chi connectivity index (χ1v) is 8.81. The second-order valence-electron chi connectivity index (χ2n) is 6.78. The van der Waals surface area contributed by atoms with Gasteiger partial charge in [0.05, 0.1) is 11.6 Å². The van der Waals surface area contributed by atoms with Gasteiger partial charge < -0.3 is 15.5 Å². The third kappa shape index (κ3) is 3.85. The van der Waals surface area contributed by atoms with Crippen LogP contribution >= 0.6 is 0 Å². The average Bonchev–Trinajstić information content (AvgIpc) is 3.14. The van der Waals surface area contributed by atoms with E-state index in [1.807, 2.05) is 19.1 Å². The molecule has 6 heteroatoms. The summed E-state index contributed by atoms with van der Waals surface area (Å²) in [6.45, 7) is 5.33. The van der Waals surface area contributed by atoms with Crippen molar-refractivity contribution in [1.82, 2.24) is 15.6 Å².